The van der Waals surface area contributed by atoms with Crippen molar-refractivity contribution in [2.45, 2.75) is 246 Å². The van der Waals surface area contributed by atoms with Gasteiger partial charge in [0, 0.05) is 13.0 Å². The molecule has 19 amide bonds. The highest BCUT2D eigenvalue weighted by Gasteiger charge is 2.36. The number of amides is 19. The first-order chi connectivity index (χ1) is 57.9. The maximum atomic E-state index is 14.0. The summed E-state index contributed by atoms with van der Waals surface area (Å²) in [6.45, 7) is 17.9. The molecule has 0 saturated carbocycles. The number of hydrogen-bond donors (Lipinski definition) is 26. The second kappa shape index (κ2) is 56.1. The van der Waals surface area contributed by atoms with Crippen LogP contribution in [0.25, 0.3) is 0 Å². The number of benzene rings is 1. The topological polar surface area (TPSA) is 736 Å². The van der Waals surface area contributed by atoms with Crippen molar-refractivity contribution in [3.8, 4) is 0 Å². The molecule has 0 spiro atoms. The molecular weight excluding hydrogens is 1630 g/mol. The fourth-order valence-corrected chi connectivity index (χ4v) is 11.1. The normalized spacial score (nSPS) is 14.8. The van der Waals surface area contributed by atoms with Gasteiger partial charge in [0.05, 0.1) is 45.4 Å². The maximum Gasteiger partial charge on any atom is 0.328 e. The molecule has 1 rings (SSSR count). The highest BCUT2D eigenvalue weighted by molar-refractivity contribution is 6.01. The van der Waals surface area contributed by atoms with Crippen LogP contribution < -0.4 is 118 Å². The van der Waals surface area contributed by atoms with Crippen LogP contribution in [0.2, 0.25) is 0 Å². The zero-order chi connectivity index (χ0) is 94.5. The SMILES string of the molecule is CC[C@H](C)[C@H](NC(=O)[C@H](CCCNC(=N)N)NC(=O)[C@H](C)NC(=O)CNC(=O)[C@H](CCC(=O)O)NC(=O)[C@H](C)NC(=O)[C@H](C)NC(=O)[C@H](C)NC(=O)[C@H](CC(C)C)NC(=O)CNC(=O)[C@@H](NC(=O)[C@H](C)NC(=O)CNC(=O)[C@H](CC(C)C)NC(=O)CNC(=O)[C@@H](N)Cc1ccccc1)C(C)C)C(=O)N[C@@H](C)C(=O)NCC(=O)N[C@@H](C)C(=O)N[C@@H](CO)C(=O)O. The van der Waals surface area contributed by atoms with Crippen LogP contribution in [0.5, 0.6) is 0 Å². The van der Waals surface area contributed by atoms with Gasteiger partial charge in [0.1, 0.15) is 84.6 Å². The van der Waals surface area contributed by atoms with E-state index in [0.29, 0.717) is 0 Å². The van der Waals surface area contributed by atoms with Crippen molar-refractivity contribution in [3.63, 3.8) is 0 Å². The summed E-state index contributed by atoms with van der Waals surface area (Å²) in [5, 5.41) is 83.1. The van der Waals surface area contributed by atoms with Gasteiger partial charge < -0.3 is 133 Å². The Morgan fingerprint density at radius 1 is 0.363 bits per heavy atom. The Hall–Kier alpha value is -12.7. The van der Waals surface area contributed by atoms with Crippen LogP contribution in [0.4, 0.5) is 0 Å². The highest BCUT2D eigenvalue weighted by atomic mass is 16.4. The first kappa shape index (κ1) is 109. The van der Waals surface area contributed by atoms with Crippen molar-refractivity contribution in [1.29, 1.82) is 5.41 Å². The molecule has 16 atom stereocenters. The van der Waals surface area contributed by atoms with E-state index in [-0.39, 0.29) is 56.9 Å². The molecule has 47 heteroatoms. The number of rotatable bonds is 56. The predicted octanol–water partition coefficient (Wildman–Crippen LogP) is -8.94. The number of nitrogens with one attached hydrogen (secondary N) is 21. The number of guanidine groups is 1. The van der Waals surface area contributed by atoms with Gasteiger partial charge in [0.2, 0.25) is 112 Å². The van der Waals surface area contributed by atoms with E-state index < -0.39 is 285 Å². The van der Waals surface area contributed by atoms with Gasteiger partial charge in [-0.05, 0) is 116 Å². The number of aliphatic hydroxyl groups is 1. The van der Waals surface area contributed by atoms with E-state index >= 15 is 0 Å². The number of carboxylic acids is 2. The monoisotopic (exact) mass is 1760 g/mol. The van der Waals surface area contributed by atoms with E-state index in [1.54, 1.807) is 79.7 Å². The van der Waals surface area contributed by atoms with Crippen LogP contribution in [-0.2, 0) is 107 Å². The molecule has 0 aromatic heterocycles. The number of nitrogens with two attached hydrogens (primary N) is 2. The van der Waals surface area contributed by atoms with Gasteiger partial charge in [-0.1, -0.05) is 92.1 Å². The average Bonchev–Trinajstić information content (AvgIpc) is 0.861. The lowest BCUT2D eigenvalue weighted by atomic mass is 9.97. The van der Waals surface area contributed by atoms with Crippen LogP contribution in [0, 0.1) is 29.1 Å². The third kappa shape index (κ3) is 43.2. The molecule has 0 bridgehead atoms. The molecule has 694 valence electrons. The summed E-state index contributed by atoms with van der Waals surface area (Å²) in [6.07, 6.45) is -0.623. The second-order valence-corrected chi connectivity index (χ2v) is 30.9. The molecule has 0 fully saturated rings. The minimum absolute atomic E-state index is 0.0200. The molecule has 47 nitrogen and oxygen atoms in total. The van der Waals surface area contributed by atoms with Gasteiger partial charge in [0.25, 0.3) is 0 Å². The van der Waals surface area contributed by atoms with Crippen LogP contribution in [0.1, 0.15) is 154 Å². The molecule has 1 aromatic carbocycles. The van der Waals surface area contributed by atoms with E-state index in [1.807, 2.05) is 11.4 Å². The van der Waals surface area contributed by atoms with E-state index in [9.17, 15) is 111 Å². The summed E-state index contributed by atoms with van der Waals surface area (Å²) < 4.78 is 0. The molecule has 0 aliphatic rings. The molecule has 0 unspecified atom stereocenters. The fraction of sp³-hybridized carbons (Fsp3) is 0.636. The van der Waals surface area contributed by atoms with Gasteiger partial charge in [-0.3, -0.25) is 101 Å². The van der Waals surface area contributed by atoms with Crippen LogP contribution in [-0.4, -0.2) is 282 Å². The molecule has 1 aromatic rings. The summed E-state index contributed by atoms with van der Waals surface area (Å²) in [4.78, 5) is 275. The second-order valence-electron chi connectivity index (χ2n) is 30.9. The molecule has 0 heterocycles. The van der Waals surface area contributed by atoms with E-state index in [1.165, 1.54) is 48.5 Å². The lowest BCUT2D eigenvalue weighted by Crippen LogP contribution is -2.59. The van der Waals surface area contributed by atoms with Crippen molar-refractivity contribution < 1.29 is 116 Å². The third-order valence-electron chi connectivity index (χ3n) is 18.5. The Balaban J connectivity index is 2.95. The summed E-state index contributed by atoms with van der Waals surface area (Å²) in [5.41, 5.74) is 12.2. The standard InChI is InChI=1S/C77H127N23O24/c1-16-39(8)61(75(122)93-40(9)62(109)82-30-54(102)88-42(11)66(113)98-53(35-101)76(123)124)100-72(119)49(23-20-26-81-77(79)80)96-65(112)41(10)87-55(103)31-84-70(117)50(24-25-59(107)108)97-67(114)46(15)91-63(110)44(13)90-64(111)45(14)92-73(120)52(28-37(4)5)95-58(106)34-86-74(121)60(38(6)7)99-68(115)43(12)89-56(104)32-85-71(118)51(27-36(2)3)94-57(105)33-83-69(116)48(78)29-47-21-18-17-19-22-47/h17-19,21-22,36-46,48-53,60-61,101H,16,20,23-35,78H2,1-15H3,(H,82,109)(H,83,116)(H,84,117)(H,85,118)(H,86,121)(H,87,103)(H,88,102)(H,89,104)(H,90,111)(H,91,110)(H,92,120)(H,93,122)(H,94,105)(H,95,106)(H,96,112)(H,97,114)(H,98,113)(H,99,115)(H,100,119)(H,107,108)(H,123,124)(H4,79,80,81)/t39-,40-,41-,42-,43-,44-,45-,46-,48-,49-,50-,51-,52-,53-,60-,61-/m0/s1. The fourth-order valence-electron chi connectivity index (χ4n) is 11.1. The van der Waals surface area contributed by atoms with Crippen molar-refractivity contribution in [2.24, 2.45) is 35.1 Å². The Morgan fingerprint density at radius 2 is 0.702 bits per heavy atom. The minimum atomic E-state index is -1.66. The molecule has 0 aliphatic heterocycles. The van der Waals surface area contributed by atoms with Gasteiger partial charge in [0.15, 0.2) is 5.96 Å². The molecule has 0 saturated heterocycles. The number of aliphatic hydroxyl groups excluding tert-OH is 1. The minimum Gasteiger partial charge on any atom is -0.481 e. The summed E-state index contributed by atoms with van der Waals surface area (Å²) >= 11 is 0. The zero-order valence-corrected chi connectivity index (χ0v) is 72.5. The molecule has 0 radical (unpaired) electrons. The summed E-state index contributed by atoms with van der Waals surface area (Å²) in [7, 11) is 0. The smallest absolute Gasteiger partial charge is 0.328 e. The molecule has 124 heavy (non-hydrogen) atoms. The average molecular weight is 1760 g/mol. The lowest BCUT2D eigenvalue weighted by molar-refractivity contribution is -0.143. The van der Waals surface area contributed by atoms with Crippen LogP contribution >= 0.6 is 0 Å². The maximum absolute atomic E-state index is 14.0. The Labute approximate surface area is 717 Å². The lowest BCUT2D eigenvalue weighted by Gasteiger charge is -2.28. The molecule has 28 N–H and O–H groups in total. The van der Waals surface area contributed by atoms with Crippen molar-refractivity contribution in [3.05, 3.63) is 35.9 Å². The number of carboxylic acid groups (broad SMARTS) is 2. The Morgan fingerprint density at radius 3 is 1.11 bits per heavy atom. The first-order valence-corrected chi connectivity index (χ1v) is 40.4. The van der Waals surface area contributed by atoms with Crippen LogP contribution in [0.3, 0.4) is 0 Å². The quantitative estimate of drug-likeness (QED) is 0.0164. The number of carbonyl (C=O) groups excluding carboxylic acids is 19. The van der Waals surface area contributed by atoms with Gasteiger partial charge >= 0.3 is 11.9 Å². The third-order valence-corrected chi connectivity index (χ3v) is 18.5. The van der Waals surface area contributed by atoms with E-state index in [2.05, 4.69) is 101 Å². The summed E-state index contributed by atoms with van der Waals surface area (Å²) in [6, 6.07) is -11.3. The predicted molar refractivity (Wildman–Crippen MR) is 444 cm³/mol. The molecule has 0 aliphatic carbocycles. The van der Waals surface area contributed by atoms with Crippen LogP contribution in [0.15, 0.2) is 30.3 Å². The molecular formula is C77H127N23O24. The summed E-state index contributed by atoms with van der Waals surface area (Å²) in [5.74, 6) is -21.6. The largest absolute Gasteiger partial charge is 0.481 e. The number of aliphatic carboxylic acids is 2. The Bertz CT molecular complexity index is 3890. The first-order valence-electron chi connectivity index (χ1n) is 40.4. The number of hydrogen-bond acceptors (Lipinski definition) is 24. The zero-order valence-electron chi connectivity index (χ0n) is 72.5. The van der Waals surface area contributed by atoms with E-state index in [4.69, 9.17) is 22.0 Å². The van der Waals surface area contributed by atoms with Gasteiger partial charge in [-0.2, -0.15) is 0 Å². The Kier molecular flexibility index (Phi) is 49.4. The van der Waals surface area contributed by atoms with E-state index in [0.717, 1.165) is 5.56 Å². The van der Waals surface area contributed by atoms with Crippen molar-refractivity contribution >= 4 is 130 Å². The highest BCUT2D eigenvalue weighted by Crippen LogP contribution is 2.13. The van der Waals surface area contributed by atoms with Crippen molar-refractivity contribution in [1.82, 2.24) is 106 Å². The van der Waals surface area contributed by atoms with Crippen molar-refractivity contribution in [2.75, 3.05) is 45.9 Å². The number of carbonyl (C=O) groups is 21. The van der Waals surface area contributed by atoms with Gasteiger partial charge in [-0.15, -0.1) is 0 Å². The van der Waals surface area contributed by atoms with Gasteiger partial charge in [-0.25, -0.2) is 4.79 Å².